The van der Waals surface area contributed by atoms with Gasteiger partial charge in [-0.3, -0.25) is 4.79 Å². The number of carbonyl (C=O) groups excluding carboxylic acids is 1. The van der Waals surface area contributed by atoms with Gasteiger partial charge in [0.2, 0.25) is 5.91 Å². The fourth-order valence-corrected chi connectivity index (χ4v) is 3.60. The van der Waals surface area contributed by atoms with Crippen LogP contribution in [-0.4, -0.2) is 41.4 Å². The van der Waals surface area contributed by atoms with Gasteiger partial charge in [0.25, 0.3) is 0 Å². The number of nitrogens with two attached hydrogens (primary N) is 1. The van der Waals surface area contributed by atoms with Crippen molar-refractivity contribution in [3.8, 4) is 0 Å². The Kier molecular flexibility index (Phi) is 4.95. The maximum Gasteiger partial charge on any atom is 0.235 e. The van der Waals surface area contributed by atoms with Gasteiger partial charge in [-0.2, -0.15) is 0 Å². The molecule has 0 aromatic carbocycles. The molecule has 2 N–H and O–H groups in total. The predicted molar refractivity (Wildman–Crippen MR) is 71.1 cm³/mol. The van der Waals surface area contributed by atoms with E-state index in [-0.39, 0.29) is 23.1 Å². The van der Waals surface area contributed by atoms with Crippen molar-refractivity contribution in [3.63, 3.8) is 0 Å². The van der Waals surface area contributed by atoms with E-state index in [9.17, 15) is 4.79 Å². The SMILES string of the molecule is CC1(CN)CCN(C(=O)C2CCCS2)C1.Cl. The lowest BCUT2D eigenvalue weighted by Gasteiger charge is -2.24. The largest absolute Gasteiger partial charge is 0.341 e. The van der Waals surface area contributed by atoms with Crippen LogP contribution in [0.25, 0.3) is 0 Å². The fraction of sp³-hybridized carbons (Fsp3) is 0.909. The molecule has 0 aromatic rings. The summed E-state index contributed by atoms with van der Waals surface area (Å²) in [5, 5.41) is 0.241. The molecule has 2 atom stereocenters. The zero-order chi connectivity index (χ0) is 10.9. The first-order valence-electron chi connectivity index (χ1n) is 5.75. The first-order valence-corrected chi connectivity index (χ1v) is 6.80. The summed E-state index contributed by atoms with van der Waals surface area (Å²) in [4.78, 5) is 14.1. The quantitative estimate of drug-likeness (QED) is 0.822. The highest BCUT2D eigenvalue weighted by atomic mass is 35.5. The van der Waals surface area contributed by atoms with Gasteiger partial charge < -0.3 is 10.6 Å². The zero-order valence-corrected chi connectivity index (χ0v) is 11.4. The molecule has 2 unspecified atom stereocenters. The summed E-state index contributed by atoms with van der Waals surface area (Å²) in [7, 11) is 0. The third kappa shape index (κ3) is 2.84. The minimum absolute atomic E-state index is 0. The van der Waals surface area contributed by atoms with Crippen molar-refractivity contribution in [2.75, 3.05) is 25.4 Å². The van der Waals surface area contributed by atoms with Gasteiger partial charge in [0.15, 0.2) is 0 Å². The molecule has 0 saturated carbocycles. The highest BCUT2D eigenvalue weighted by Gasteiger charge is 2.37. The molecular formula is C11H21ClN2OS. The number of hydrogen-bond donors (Lipinski definition) is 1. The lowest BCUT2D eigenvalue weighted by molar-refractivity contribution is -0.129. The summed E-state index contributed by atoms with van der Waals surface area (Å²) in [6.45, 7) is 4.64. The van der Waals surface area contributed by atoms with Crippen LogP contribution >= 0.6 is 24.2 Å². The molecule has 1 amide bonds. The van der Waals surface area contributed by atoms with Gasteiger partial charge in [0, 0.05) is 13.1 Å². The van der Waals surface area contributed by atoms with E-state index >= 15 is 0 Å². The summed E-state index contributed by atoms with van der Waals surface area (Å²) in [5.41, 5.74) is 5.91. The monoisotopic (exact) mass is 264 g/mol. The molecule has 2 fully saturated rings. The summed E-state index contributed by atoms with van der Waals surface area (Å²) in [6.07, 6.45) is 3.33. The zero-order valence-electron chi connectivity index (χ0n) is 9.78. The van der Waals surface area contributed by atoms with E-state index in [1.165, 1.54) is 6.42 Å². The van der Waals surface area contributed by atoms with E-state index in [1.807, 2.05) is 16.7 Å². The standard InChI is InChI=1S/C11H20N2OS.ClH/c1-11(7-12)4-5-13(8-11)10(14)9-3-2-6-15-9;/h9H,2-8,12H2,1H3;1H. The summed E-state index contributed by atoms with van der Waals surface area (Å²) < 4.78 is 0. The minimum atomic E-state index is 0. The van der Waals surface area contributed by atoms with Crippen molar-refractivity contribution in [1.29, 1.82) is 0 Å². The maximum absolute atomic E-state index is 12.1. The maximum atomic E-state index is 12.1. The summed E-state index contributed by atoms with van der Waals surface area (Å²) >= 11 is 1.82. The van der Waals surface area contributed by atoms with Gasteiger partial charge in [0.1, 0.15) is 0 Å². The number of nitrogens with zero attached hydrogens (tertiary/aromatic N) is 1. The molecule has 0 bridgehead atoms. The van der Waals surface area contributed by atoms with E-state index in [0.717, 1.165) is 31.7 Å². The lowest BCUT2D eigenvalue weighted by Crippen LogP contribution is -2.38. The first-order chi connectivity index (χ1) is 7.14. The van der Waals surface area contributed by atoms with Gasteiger partial charge in [-0.15, -0.1) is 24.2 Å². The highest BCUT2D eigenvalue weighted by molar-refractivity contribution is 8.00. The molecule has 3 nitrogen and oxygen atoms in total. The molecule has 2 rings (SSSR count). The molecule has 0 aromatic heterocycles. The van der Waals surface area contributed by atoms with Crippen molar-refractivity contribution < 1.29 is 4.79 Å². The van der Waals surface area contributed by atoms with Crippen LogP contribution in [0.3, 0.4) is 0 Å². The topological polar surface area (TPSA) is 46.3 Å². The van der Waals surface area contributed by atoms with Crippen LogP contribution in [0, 0.1) is 5.41 Å². The summed E-state index contributed by atoms with van der Waals surface area (Å²) in [5.74, 6) is 1.51. The van der Waals surface area contributed by atoms with Crippen molar-refractivity contribution in [2.45, 2.75) is 31.4 Å². The van der Waals surface area contributed by atoms with Crippen LogP contribution in [-0.2, 0) is 4.79 Å². The lowest BCUT2D eigenvalue weighted by atomic mass is 9.90. The van der Waals surface area contributed by atoms with E-state index in [1.54, 1.807) is 0 Å². The Labute approximate surface area is 108 Å². The van der Waals surface area contributed by atoms with Gasteiger partial charge in [-0.25, -0.2) is 0 Å². The number of amides is 1. The van der Waals surface area contributed by atoms with Crippen molar-refractivity contribution in [2.24, 2.45) is 11.1 Å². The summed E-state index contributed by atoms with van der Waals surface area (Å²) in [6, 6.07) is 0. The number of hydrogen-bond acceptors (Lipinski definition) is 3. The van der Waals surface area contributed by atoms with Gasteiger partial charge in [-0.05, 0) is 37.0 Å². The normalized spacial score (nSPS) is 33.9. The Hall–Kier alpha value is 0.0700. The highest BCUT2D eigenvalue weighted by Crippen LogP contribution is 2.33. The van der Waals surface area contributed by atoms with Crippen LogP contribution in [0.5, 0.6) is 0 Å². The molecule has 2 saturated heterocycles. The van der Waals surface area contributed by atoms with Crippen LogP contribution in [0.4, 0.5) is 0 Å². The molecule has 2 heterocycles. The minimum Gasteiger partial charge on any atom is -0.341 e. The number of likely N-dealkylation sites (tertiary alicyclic amines) is 1. The van der Waals surface area contributed by atoms with Crippen LogP contribution in [0.1, 0.15) is 26.2 Å². The average molecular weight is 265 g/mol. The fourth-order valence-electron chi connectivity index (χ4n) is 2.35. The van der Waals surface area contributed by atoms with E-state index < -0.39 is 0 Å². The molecule has 94 valence electrons. The Balaban J connectivity index is 0.00000128. The Morgan fingerprint density at radius 2 is 2.38 bits per heavy atom. The second kappa shape index (κ2) is 5.61. The third-order valence-corrected chi connectivity index (χ3v) is 4.93. The molecule has 5 heteroatoms. The Bertz CT molecular complexity index is 258. The number of thioether (sulfide) groups is 1. The van der Waals surface area contributed by atoms with E-state index in [0.29, 0.717) is 12.5 Å². The molecule has 16 heavy (non-hydrogen) atoms. The molecule has 2 aliphatic rings. The van der Waals surface area contributed by atoms with E-state index in [4.69, 9.17) is 5.73 Å². The number of rotatable bonds is 2. The van der Waals surface area contributed by atoms with Crippen molar-refractivity contribution >= 4 is 30.1 Å². The third-order valence-electron chi connectivity index (χ3n) is 3.57. The Morgan fingerprint density at radius 1 is 1.62 bits per heavy atom. The van der Waals surface area contributed by atoms with Gasteiger partial charge in [-0.1, -0.05) is 6.92 Å². The van der Waals surface area contributed by atoms with Crippen LogP contribution < -0.4 is 5.73 Å². The molecule has 2 aliphatic heterocycles. The molecule has 0 aliphatic carbocycles. The van der Waals surface area contributed by atoms with Crippen LogP contribution in [0.2, 0.25) is 0 Å². The van der Waals surface area contributed by atoms with Crippen molar-refractivity contribution in [1.82, 2.24) is 4.90 Å². The average Bonchev–Trinajstić information content (AvgIpc) is 2.86. The van der Waals surface area contributed by atoms with Gasteiger partial charge >= 0.3 is 0 Å². The number of carbonyl (C=O) groups is 1. The second-order valence-electron chi connectivity index (χ2n) is 5.03. The molecular weight excluding hydrogens is 244 g/mol. The Morgan fingerprint density at radius 3 is 2.88 bits per heavy atom. The second-order valence-corrected chi connectivity index (χ2v) is 6.34. The van der Waals surface area contributed by atoms with Crippen LogP contribution in [0.15, 0.2) is 0 Å². The number of halogens is 1. The van der Waals surface area contributed by atoms with Crippen molar-refractivity contribution in [3.05, 3.63) is 0 Å². The first kappa shape index (κ1) is 14.1. The van der Waals surface area contributed by atoms with E-state index in [2.05, 4.69) is 6.92 Å². The van der Waals surface area contributed by atoms with Gasteiger partial charge in [0.05, 0.1) is 5.25 Å². The molecule has 0 spiro atoms. The molecule has 0 radical (unpaired) electrons. The predicted octanol–water partition coefficient (Wildman–Crippen LogP) is 1.50. The smallest absolute Gasteiger partial charge is 0.235 e.